The summed E-state index contributed by atoms with van der Waals surface area (Å²) in [7, 11) is 0. The first-order chi connectivity index (χ1) is 10.1. The highest BCUT2D eigenvalue weighted by Crippen LogP contribution is 2.21. The summed E-state index contributed by atoms with van der Waals surface area (Å²) in [6.07, 6.45) is 5.97. The molecule has 3 rings (SSSR count). The van der Waals surface area contributed by atoms with Gasteiger partial charge in [-0.25, -0.2) is 4.39 Å². The highest BCUT2D eigenvalue weighted by atomic mass is 19.1. The predicted molar refractivity (Wildman–Crippen MR) is 74.2 cm³/mol. The third kappa shape index (κ3) is 3.43. The zero-order valence-electron chi connectivity index (χ0n) is 11.3. The first kappa shape index (κ1) is 13.7. The number of aromatic nitrogens is 2. The van der Waals surface area contributed by atoms with E-state index in [1.165, 1.54) is 25.0 Å². The van der Waals surface area contributed by atoms with Gasteiger partial charge in [-0.2, -0.15) is 5.10 Å². The molecule has 110 valence electrons. The molecule has 6 nitrogen and oxygen atoms in total. The molecule has 1 aliphatic rings. The quantitative estimate of drug-likeness (QED) is 0.654. The number of halogens is 1. The fourth-order valence-corrected chi connectivity index (χ4v) is 2.17. The molecule has 0 unspecified atom stereocenters. The molecule has 0 bridgehead atoms. The fourth-order valence-electron chi connectivity index (χ4n) is 2.17. The second-order valence-corrected chi connectivity index (χ2v) is 5.23. The van der Waals surface area contributed by atoms with Crippen LogP contribution >= 0.6 is 0 Å². The van der Waals surface area contributed by atoms with Crippen LogP contribution in [0.25, 0.3) is 0 Å². The normalized spacial score (nSPS) is 14.3. The van der Waals surface area contributed by atoms with Crippen LogP contribution in [0.2, 0.25) is 0 Å². The summed E-state index contributed by atoms with van der Waals surface area (Å²) < 4.78 is 14.9. The summed E-state index contributed by atoms with van der Waals surface area (Å²) in [5.41, 5.74) is 1.23. The molecule has 0 aliphatic heterocycles. The Bertz CT molecular complexity index is 667. The van der Waals surface area contributed by atoms with Crippen molar-refractivity contribution in [3.63, 3.8) is 0 Å². The molecular formula is C14H15FN4O2. The van der Waals surface area contributed by atoms with Gasteiger partial charge in [0, 0.05) is 30.4 Å². The molecule has 1 N–H and O–H groups in total. The van der Waals surface area contributed by atoms with Crippen molar-refractivity contribution in [1.29, 1.82) is 0 Å². The van der Waals surface area contributed by atoms with Gasteiger partial charge in [0.2, 0.25) is 0 Å². The molecule has 2 aromatic rings. The van der Waals surface area contributed by atoms with Crippen LogP contribution in [-0.2, 0) is 13.1 Å². The van der Waals surface area contributed by atoms with E-state index in [0.29, 0.717) is 11.6 Å². The van der Waals surface area contributed by atoms with E-state index in [1.54, 1.807) is 10.9 Å². The van der Waals surface area contributed by atoms with Gasteiger partial charge in [0.1, 0.15) is 5.82 Å². The van der Waals surface area contributed by atoms with Gasteiger partial charge in [0.25, 0.3) is 5.69 Å². The van der Waals surface area contributed by atoms with Gasteiger partial charge in [-0.1, -0.05) is 0 Å². The molecule has 1 heterocycles. The Balaban J connectivity index is 1.73. The molecule has 1 aromatic heterocycles. The fraction of sp³-hybridized carbons (Fsp3) is 0.357. The topological polar surface area (TPSA) is 73.0 Å². The number of nitro benzene ring substituents is 1. The van der Waals surface area contributed by atoms with E-state index in [4.69, 9.17) is 0 Å². The van der Waals surface area contributed by atoms with Crippen LogP contribution in [0.4, 0.5) is 10.1 Å². The third-order valence-corrected chi connectivity index (χ3v) is 3.43. The van der Waals surface area contributed by atoms with Gasteiger partial charge in [0.05, 0.1) is 23.2 Å². The monoisotopic (exact) mass is 290 g/mol. The van der Waals surface area contributed by atoms with Crippen LogP contribution in [-0.4, -0.2) is 20.7 Å². The van der Waals surface area contributed by atoms with Crippen molar-refractivity contribution < 1.29 is 9.31 Å². The Morgan fingerprint density at radius 2 is 2.29 bits per heavy atom. The molecule has 1 fully saturated rings. The Kier molecular flexibility index (Phi) is 3.66. The van der Waals surface area contributed by atoms with Gasteiger partial charge >= 0.3 is 0 Å². The number of nitrogens with zero attached hydrogens (tertiary/aromatic N) is 3. The van der Waals surface area contributed by atoms with Crippen molar-refractivity contribution in [2.75, 3.05) is 0 Å². The number of hydrogen-bond acceptors (Lipinski definition) is 4. The van der Waals surface area contributed by atoms with Gasteiger partial charge in [0.15, 0.2) is 0 Å². The summed E-state index contributed by atoms with van der Waals surface area (Å²) >= 11 is 0. The van der Waals surface area contributed by atoms with E-state index < -0.39 is 10.7 Å². The minimum Gasteiger partial charge on any atom is -0.310 e. The highest BCUT2D eigenvalue weighted by Gasteiger charge is 2.20. The van der Waals surface area contributed by atoms with Gasteiger partial charge in [-0.15, -0.1) is 0 Å². The Hall–Kier alpha value is -2.28. The zero-order valence-corrected chi connectivity index (χ0v) is 11.3. The summed E-state index contributed by atoms with van der Waals surface area (Å²) in [4.78, 5) is 10.5. The number of rotatable bonds is 6. The zero-order chi connectivity index (χ0) is 14.8. The maximum Gasteiger partial charge on any atom is 0.274 e. The van der Waals surface area contributed by atoms with Crippen molar-refractivity contribution in [3.8, 4) is 0 Å². The van der Waals surface area contributed by atoms with Crippen LogP contribution in [0.5, 0.6) is 0 Å². The van der Waals surface area contributed by atoms with Crippen molar-refractivity contribution in [3.05, 3.63) is 57.7 Å². The third-order valence-electron chi connectivity index (χ3n) is 3.43. The maximum absolute atomic E-state index is 13.3. The summed E-state index contributed by atoms with van der Waals surface area (Å²) in [6.45, 7) is 0.910. The highest BCUT2D eigenvalue weighted by molar-refractivity contribution is 5.40. The average molecular weight is 290 g/mol. The van der Waals surface area contributed by atoms with Crippen molar-refractivity contribution >= 4 is 5.69 Å². The molecule has 21 heavy (non-hydrogen) atoms. The van der Waals surface area contributed by atoms with E-state index in [1.807, 2.05) is 6.20 Å². The largest absolute Gasteiger partial charge is 0.310 e. The average Bonchev–Trinajstić information content (AvgIpc) is 3.16. The van der Waals surface area contributed by atoms with Crippen molar-refractivity contribution in [1.82, 2.24) is 15.1 Å². The molecule has 7 heteroatoms. The van der Waals surface area contributed by atoms with Gasteiger partial charge < -0.3 is 5.32 Å². The van der Waals surface area contributed by atoms with Crippen LogP contribution in [0, 0.1) is 15.9 Å². The van der Waals surface area contributed by atoms with Crippen LogP contribution in [0.15, 0.2) is 30.6 Å². The predicted octanol–water partition coefficient (Wildman–Crippen LogP) is 2.23. The maximum atomic E-state index is 13.3. The van der Waals surface area contributed by atoms with E-state index >= 15 is 0 Å². The molecule has 1 saturated carbocycles. The lowest BCUT2D eigenvalue weighted by Gasteiger charge is -2.04. The first-order valence-corrected chi connectivity index (χ1v) is 6.79. The summed E-state index contributed by atoms with van der Waals surface area (Å²) in [5, 5.41) is 18.5. The molecular weight excluding hydrogens is 275 g/mol. The number of nitrogens with one attached hydrogen (secondary N) is 1. The van der Waals surface area contributed by atoms with Crippen LogP contribution in [0.1, 0.15) is 24.0 Å². The lowest BCUT2D eigenvalue weighted by molar-refractivity contribution is -0.385. The molecule has 0 amide bonds. The van der Waals surface area contributed by atoms with E-state index in [9.17, 15) is 14.5 Å². The van der Waals surface area contributed by atoms with Crippen molar-refractivity contribution in [2.24, 2.45) is 0 Å². The lowest BCUT2D eigenvalue weighted by Crippen LogP contribution is -2.14. The minimum atomic E-state index is -0.506. The van der Waals surface area contributed by atoms with Crippen LogP contribution in [0.3, 0.4) is 0 Å². The number of benzene rings is 1. The van der Waals surface area contributed by atoms with E-state index in [-0.39, 0.29) is 12.2 Å². The Morgan fingerprint density at radius 3 is 3.00 bits per heavy atom. The SMILES string of the molecule is O=[N+]([O-])c1ccc(F)cc1Cn1cc(CNC2CC2)cn1. The second-order valence-electron chi connectivity index (χ2n) is 5.23. The molecule has 1 aromatic carbocycles. The Labute approximate surface area is 120 Å². The summed E-state index contributed by atoms with van der Waals surface area (Å²) in [5.74, 6) is -0.488. The standard InChI is InChI=1S/C14H15FN4O2/c15-12-1-4-14(19(20)21)11(5-12)9-18-8-10(7-17-18)6-16-13-2-3-13/h1,4-5,7-8,13,16H,2-3,6,9H2. The number of hydrogen-bond donors (Lipinski definition) is 1. The summed E-state index contributed by atoms with van der Waals surface area (Å²) in [6, 6.07) is 4.07. The molecule has 1 aliphatic carbocycles. The smallest absolute Gasteiger partial charge is 0.274 e. The lowest BCUT2D eigenvalue weighted by atomic mass is 10.2. The first-order valence-electron chi connectivity index (χ1n) is 6.79. The molecule has 0 saturated heterocycles. The van der Waals surface area contributed by atoms with Crippen molar-refractivity contribution in [2.45, 2.75) is 32.0 Å². The second kappa shape index (κ2) is 5.61. The molecule has 0 spiro atoms. The number of nitro groups is 1. The van der Waals surface area contributed by atoms with Gasteiger partial charge in [-0.05, 0) is 25.0 Å². The van der Waals surface area contributed by atoms with Crippen LogP contribution < -0.4 is 5.32 Å². The van der Waals surface area contributed by atoms with E-state index in [0.717, 1.165) is 18.2 Å². The minimum absolute atomic E-state index is 0.0930. The van der Waals surface area contributed by atoms with Gasteiger partial charge in [-0.3, -0.25) is 14.8 Å². The molecule has 0 atom stereocenters. The van der Waals surface area contributed by atoms with E-state index in [2.05, 4.69) is 10.4 Å². The Morgan fingerprint density at radius 1 is 1.48 bits per heavy atom. The molecule has 0 radical (unpaired) electrons.